The molecule has 3 rings (SSSR count). The second-order valence-corrected chi connectivity index (χ2v) is 7.87. The van der Waals surface area contributed by atoms with E-state index < -0.39 is 0 Å². The largest absolute Gasteiger partial charge is 0.494 e. The zero-order valence-electron chi connectivity index (χ0n) is 18.2. The summed E-state index contributed by atoms with van der Waals surface area (Å²) in [6.07, 6.45) is 0.550. The van der Waals surface area contributed by atoms with E-state index in [1.165, 1.54) is 0 Å². The van der Waals surface area contributed by atoms with Crippen LogP contribution in [0.5, 0.6) is 5.75 Å². The number of aryl methyl sites for hydroxylation is 2. The quantitative estimate of drug-likeness (QED) is 0.458. The molecule has 0 saturated carbocycles. The summed E-state index contributed by atoms with van der Waals surface area (Å²) in [5.41, 5.74) is 4.42. The first kappa shape index (κ1) is 22.8. The topological polar surface area (TPSA) is 77.6 Å². The third-order valence-electron chi connectivity index (χ3n) is 5.28. The zero-order chi connectivity index (χ0) is 22.4. The van der Waals surface area contributed by atoms with Crippen LogP contribution < -0.4 is 15.6 Å². The van der Waals surface area contributed by atoms with Crippen LogP contribution in [0.15, 0.2) is 47.3 Å². The van der Waals surface area contributed by atoms with Crippen LogP contribution >= 0.6 is 12.2 Å². The second kappa shape index (κ2) is 10.4. The van der Waals surface area contributed by atoms with Gasteiger partial charge in [-0.3, -0.25) is 4.79 Å². The molecule has 0 aliphatic heterocycles. The Hall–Kier alpha value is -2.90. The van der Waals surface area contributed by atoms with Gasteiger partial charge < -0.3 is 25.0 Å². The van der Waals surface area contributed by atoms with Crippen molar-refractivity contribution < 1.29 is 9.84 Å². The first-order chi connectivity index (χ1) is 14.9. The van der Waals surface area contributed by atoms with Crippen LogP contribution in [0.3, 0.4) is 0 Å². The third kappa shape index (κ3) is 5.62. The van der Waals surface area contributed by atoms with Gasteiger partial charge in [-0.2, -0.15) is 0 Å². The predicted octanol–water partition coefficient (Wildman–Crippen LogP) is 4.13. The van der Waals surface area contributed by atoms with Crippen LogP contribution in [-0.4, -0.2) is 39.9 Å². The molecule has 3 aromatic rings. The Balaban J connectivity index is 1.82. The number of hydrogen-bond donors (Lipinski definition) is 3. The number of fused-ring (bicyclic) bond motifs is 1. The monoisotopic (exact) mass is 439 g/mol. The molecule has 0 amide bonds. The first-order valence-electron chi connectivity index (χ1n) is 10.4. The Morgan fingerprint density at radius 1 is 1.19 bits per heavy atom. The van der Waals surface area contributed by atoms with Crippen LogP contribution in [0.25, 0.3) is 10.9 Å². The fourth-order valence-corrected chi connectivity index (χ4v) is 3.68. The minimum atomic E-state index is -0.126. The number of rotatable bonds is 8. The van der Waals surface area contributed by atoms with Crippen molar-refractivity contribution in [3.8, 4) is 5.75 Å². The molecular formula is C24H29N3O3S. The lowest BCUT2D eigenvalue weighted by molar-refractivity contribution is 0.265. The predicted molar refractivity (Wildman–Crippen MR) is 130 cm³/mol. The Kier molecular flexibility index (Phi) is 7.65. The van der Waals surface area contributed by atoms with Crippen LogP contribution in [0.2, 0.25) is 0 Å². The van der Waals surface area contributed by atoms with Crippen molar-refractivity contribution >= 4 is 33.9 Å². The average Bonchev–Trinajstić information content (AvgIpc) is 2.76. The number of nitrogens with zero attached hydrogens (tertiary/aromatic N) is 1. The van der Waals surface area contributed by atoms with Gasteiger partial charge in [-0.25, -0.2) is 0 Å². The number of aromatic amines is 1. The highest BCUT2D eigenvalue weighted by molar-refractivity contribution is 7.80. The molecule has 0 bridgehead atoms. The first-order valence-corrected chi connectivity index (χ1v) is 10.9. The number of aliphatic hydroxyl groups excluding tert-OH is 1. The molecule has 0 spiro atoms. The summed E-state index contributed by atoms with van der Waals surface area (Å²) in [4.78, 5) is 17.7. The second-order valence-electron chi connectivity index (χ2n) is 7.48. The number of hydrogen-bond acceptors (Lipinski definition) is 4. The minimum absolute atomic E-state index is 0.0503. The molecule has 0 unspecified atom stereocenters. The van der Waals surface area contributed by atoms with Gasteiger partial charge in [0.1, 0.15) is 5.75 Å². The van der Waals surface area contributed by atoms with Crippen molar-refractivity contribution in [1.82, 2.24) is 9.88 Å². The summed E-state index contributed by atoms with van der Waals surface area (Å²) >= 11 is 5.62. The number of aromatic nitrogens is 1. The number of benzene rings is 2. The van der Waals surface area contributed by atoms with E-state index in [0.29, 0.717) is 36.8 Å². The molecular weight excluding hydrogens is 410 g/mol. The Bertz CT molecular complexity index is 1110. The van der Waals surface area contributed by atoms with E-state index in [-0.39, 0.29) is 12.2 Å². The van der Waals surface area contributed by atoms with Gasteiger partial charge in [-0.1, -0.05) is 12.1 Å². The molecule has 0 aliphatic carbocycles. The van der Waals surface area contributed by atoms with Gasteiger partial charge in [0.25, 0.3) is 5.56 Å². The third-order valence-corrected chi connectivity index (χ3v) is 5.64. The molecule has 0 radical (unpaired) electrons. The number of pyridine rings is 1. The van der Waals surface area contributed by atoms with Crippen molar-refractivity contribution in [3.05, 3.63) is 69.5 Å². The number of thiocarbonyl (C=S) groups is 1. The van der Waals surface area contributed by atoms with Gasteiger partial charge in [0.15, 0.2) is 5.11 Å². The summed E-state index contributed by atoms with van der Waals surface area (Å²) in [7, 11) is 0. The summed E-state index contributed by atoms with van der Waals surface area (Å²) < 4.78 is 5.47. The Morgan fingerprint density at radius 3 is 2.61 bits per heavy atom. The summed E-state index contributed by atoms with van der Waals surface area (Å²) in [6, 6.07) is 13.6. The number of aliphatic hydroxyl groups is 1. The van der Waals surface area contributed by atoms with Gasteiger partial charge in [0.2, 0.25) is 0 Å². The van der Waals surface area contributed by atoms with E-state index in [1.807, 2.05) is 62.1 Å². The van der Waals surface area contributed by atoms with E-state index in [1.54, 1.807) is 0 Å². The molecule has 7 heteroatoms. The van der Waals surface area contributed by atoms with Gasteiger partial charge in [-0.15, -0.1) is 0 Å². The van der Waals surface area contributed by atoms with Crippen LogP contribution in [0.1, 0.15) is 30.0 Å². The molecule has 1 aromatic heterocycles. The number of H-pyrrole nitrogens is 1. The summed E-state index contributed by atoms with van der Waals surface area (Å²) in [5.74, 6) is 0.796. The summed E-state index contributed by atoms with van der Waals surface area (Å²) in [6.45, 7) is 7.52. The van der Waals surface area contributed by atoms with Crippen LogP contribution in [-0.2, 0) is 6.54 Å². The SMILES string of the molecule is CCOc1ccc(NC(=S)N(CCCO)Cc2cc3ccc(C)c(C)c3[nH]c2=O)cc1. The number of ether oxygens (including phenoxy) is 1. The molecule has 3 N–H and O–H groups in total. The molecule has 0 fully saturated rings. The molecule has 31 heavy (non-hydrogen) atoms. The summed E-state index contributed by atoms with van der Waals surface area (Å²) in [5, 5.41) is 14.0. The van der Waals surface area contributed by atoms with Crippen molar-refractivity contribution in [2.75, 3.05) is 25.1 Å². The molecule has 1 heterocycles. The van der Waals surface area contributed by atoms with Crippen molar-refractivity contribution in [3.63, 3.8) is 0 Å². The maximum Gasteiger partial charge on any atom is 0.253 e. The highest BCUT2D eigenvalue weighted by Crippen LogP contribution is 2.20. The molecule has 6 nitrogen and oxygen atoms in total. The highest BCUT2D eigenvalue weighted by atomic mass is 32.1. The van der Waals surface area contributed by atoms with Crippen molar-refractivity contribution in [2.45, 2.75) is 33.7 Å². The van der Waals surface area contributed by atoms with Crippen molar-refractivity contribution in [2.24, 2.45) is 0 Å². The van der Waals surface area contributed by atoms with E-state index in [9.17, 15) is 9.90 Å². The van der Waals surface area contributed by atoms with Gasteiger partial charge >= 0.3 is 0 Å². The van der Waals surface area contributed by atoms with Crippen LogP contribution in [0.4, 0.5) is 5.69 Å². The lowest BCUT2D eigenvalue weighted by Gasteiger charge is -2.26. The van der Waals surface area contributed by atoms with Crippen molar-refractivity contribution in [1.29, 1.82) is 0 Å². The average molecular weight is 440 g/mol. The fraction of sp³-hybridized carbons (Fsp3) is 0.333. The maximum atomic E-state index is 12.8. The standard InChI is InChI=1S/C24H29N3O3S/c1-4-30-21-10-8-20(9-11-21)25-24(31)27(12-5-13-28)15-19-14-18-7-6-16(2)17(3)22(18)26-23(19)29/h6-11,14,28H,4-5,12-13,15H2,1-3H3,(H,25,31)(H,26,29). The maximum absolute atomic E-state index is 12.8. The van der Waals surface area contributed by atoms with E-state index in [0.717, 1.165) is 33.5 Å². The van der Waals surface area contributed by atoms with Gasteiger partial charge in [0.05, 0.1) is 18.7 Å². The van der Waals surface area contributed by atoms with Crippen LogP contribution in [0, 0.1) is 13.8 Å². The lowest BCUT2D eigenvalue weighted by Crippen LogP contribution is -2.37. The fourth-order valence-electron chi connectivity index (χ4n) is 3.41. The van der Waals surface area contributed by atoms with E-state index in [4.69, 9.17) is 17.0 Å². The molecule has 0 aliphatic rings. The highest BCUT2D eigenvalue weighted by Gasteiger charge is 2.14. The number of nitrogens with one attached hydrogen (secondary N) is 2. The van der Waals surface area contributed by atoms with Gasteiger partial charge in [0, 0.05) is 24.4 Å². The van der Waals surface area contributed by atoms with E-state index >= 15 is 0 Å². The van der Waals surface area contributed by atoms with E-state index in [2.05, 4.69) is 16.4 Å². The zero-order valence-corrected chi connectivity index (χ0v) is 19.0. The smallest absolute Gasteiger partial charge is 0.253 e. The Morgan fingerprint density at radius 2 is 1.94 bits per heavy atom. The molecule has 164 valence electrons. The molecule has 0 atom stereocenters. The minimum Gasteiger partial charge on any atom is -0.494 e. The Labute approximate surface area is 187 Å². The number of anilines is 1. The molecule has 0 saturated heterocycles. The molecule has 2 aromatic carbocycles. The van der Waals surface area contributed by atoms with Gasteiger partial charge in [-0.05, 0) is 86.3 Å². The normalized spacial score (nSPS) is 10.8. The lowest BCUT2D eigenvalue weighted by atomic mass is 10.0.